The third kappa shape index (κ3) is 3.40. The lowest BCUT2D eigenvalue weighted by molar-refractivity contribution is 0.311. The average molecular weight is 298 g/mol. The fraction of sp³-hybridized carbons (Fsp3) is 0.235. The molecule has 1 unspecified atom stereocenters. The molecule has 3 rings (SSSR count). The number of thiophene rings is 1. The number of nitrogens with zero attached hydrogens (tertiary/aromatic N) is 1. The summed E-state index contributed by atoms with van der Waals surface area (Å²) in [5.74, 6) is 0.895. The van der Waals surface area contributed by atoms with Crippen LogP contribution < -0.4 is 10.1 Å². The minimum atomic E-state index is 0.364. The van der Waals surface area contributed by atoms with Crippen LogP contribution in [0.5, 0.6) is 5.75 Å². The molecule has 2 heterocycles. The zero-order valence-corrected chi connectivity index (χ0v) is 12.8. The highest BCUT2D eigenvalue weighted by molar-refractivity contribution is 7.10. The molecular formula is C17H18N2OS. The Labute approximate surface area is 128 Å². The van der Waals surface area contributed by atoms with E-state index in [-0.39, 0.29) is 0 Å². The van der Waals surface area contributed by atoms with Gasteiger partial charge in [0.25, 0.3) is 0 Å². The third-order valence-corrected chi connectivity index (χ3v) is 4.44. The number of hydrogen-bond donors (Lipinski definition) is 1. The summed E-state index contributed by atoms with van der Waals surface area (Å²) < 4.78 is 5.89. The standard InChI is InChI=1S/C17H18N2OS/c1-13(17-8-4-12-21-17)18-10-11-20-16-7-2-6-15-14(16)5-3-9-19-15/h2-9,12-13,18H,10-11H2,1H3. The summed E-state index contributed by atoms with van der Waals surface area (Å²) in [5.41, 5.74) is 0.968. The zero-order chi connectivity index (χ0) is 14.5. The maximum atomic E-state index is 5.89. The van der Waals surface area contributed by atoms with Crippen molar-refractivity contribution in [1.82, 2.24) is 10.3 Å². The number of nitrogens with one attached hydrogen (secondary N) is 1. The number of benzene rings is 1. The van der Waals surface area contributed by atoms with Gasteiger partial charge in [-0.2, -0.15) is 0 Å². The Hall–Kier alpha value is -1.91. The van der Waals surface area contributed by atoms with Crippen molar-refractivity contribution in [3.63, 3.8) is 0 Å². The Morgan fingerprint density at radius 1 is 1.19 bits per heavy atom. The highest BCUT2D eigenvalue weighted by atomic mass is 32.1. The number of pyridine rings is 1. The molecule has 0 amide bonds. The maximum absolute atomic E-state index is 5.89. The lowest BCUT2D eigenvalue weighted by Crippen LogP contribution is -2.23. The molecule has 1 atom stereocenters. The number of aromatic nitrogens is 1. The average Bonchev–Trinajstić information content (AvgIpc) is 3.06. The molecule has 0 aliphatic heterocycles. The first-order valence-electron chi connectivity index (χ1n) is 7.08. The summed E-state index contributed by atoms with van der Waals surface area (Å²) in [5, 5.41) is 6.64. The van der Waals surface area contributed by atoms with Gasteiger partial charge in [0, 0.05) is 29.0 Å². The molecule has 4 heteroatoms. The lowest BCUT2D eigenvalue weighted by atomic mass is 10.2. The van der Waals surface area contributed by atoms with Crippen LogP contribution in [-0.4, -0.2) is 18.1 Å². The van der Waals surface area contributed by atoms with Gasteiger partial charge in [-0.3, -0.25) is 4.98 Å². The normalized spacial score (nSPS) is 12.4. The Balaban J connectivity index is 1.55. The molecule has 0 saturated heterocycles. The van der Waals surface area contributed by atoms with Gasteiger partial charge in [0.15, 0.2) is 0 Å². The minimum absolute atomic E-state index is 0.364. The van der Waals surface area contributed by atoms with Crippen molar-refractivity contribution < 1.29 is 4.74 Å². The number of fused-ring (bicyclic) bond motifs is 1. The van der Waals surface area contributed by atoms with Crippen molar-refractivity contribution in [2.24, 2.45) is 0 Å². The maximum Gasteiger partial charge on any atom is 0.128 e. The van der Waals surface area contributed by atoms with Gasteiger partial charge in [-0.1, -0.05) is 12.1 Å². The molecule has 21 heavy (non-hydrogen) atoms. The largest absolute Gasteiger partial charge is 0.492 e. The highest BCUT2D eigenvalue weighted by Crippen LogP contribution is 2.23. The smallest absolute Gasteiger partial charge is 0.128 e. The van der Waals surface area contributed by atoms with Crippen LogP contribution in [0.1, 0.15) is 17.8 Å². The molecule has 0 spiro atoms. The molecule has 3 aromatic rings. The molecule has 0 radical (unpaired) electrons. The van der Waals surface area contributed by atoms with Crippen molar-refractivity contribution in [1.29, 1.82) is 0 Å². The van der Waals surface area contributed by atoms with Crippen LogP contribution in [0.2, 0.25) is 0 Å². The van der Waals surface area contributed by atoms with Crippen LogP contribution in [0.15, 0.2) is 54.0 Å². The fourth-order valence-corrected chi connectivity index (χ4v) is 3.03. The number of rotatable bonds is 6. The zero-order valence-electron chi connectivity index (χ0n) is 12.0. The topological polar surface area (TPSA) is 34.1 Å². The van der Waals surface area contributed by atoms with E-state index in [0.717, 1.165) is 23.2 Å². The van der Waals surface area contributed by atoms with Crippen LogP contribution >= 0.6 is 11.3 Å². The predicted octanol–water partition coefficient (Wildman–Crippen LogP) is 4.03. The molecule has 2 aromatic heterocycles. The highest BCUT2D eigenvalue weighted by Gasteiger charge is 2.05. The first kappa shape index (κ1) is 14.0. The SMILES string of the molecule is CC(NCCOc1cccc2ncccc12)c1cccs1. The Morgan fingerprint density at radius 2 is 2.14 bits per heavy atom. The summed E-state index contributed by atoms with van der Waals surface area (Å²) in [4.78, 5) is 5.69. The van der Waals surface area contributed by atoms with E-state index in [2.05, 4.69) is 34.7 Å². The van der Waals surface area contributed by atoms with Crippen LogP contribution in [0, 0.1) is 0 Å². The number of hydrogen-bond acceptors (Lipinski definition) is 4. The van der Waals surface area contributed by atoms with Gasteiger partial charge in [-0.05, 0) is 42.6 Å². The third-order valence-electron chi connectivity index (χ3n) is 3.39. The molecule has 0 bridgehead atoms. The van der Waals surface area contributed by atoms with E-state index in [9.17, 15) is 0 Å². The van der Waals surface area contributed by atoms with Gasteiger partial charge >= 0.3 is 0 Å². The first-order valence-corrected chi connectivity index (χ1v) is 7.96. The number of ether oxygens (including phenoxy) is 1. The van der Waals surface area contributed by atoms with Crippen LogP contribution in [0.4, 0.5) is 0 Å². The first-order chi connectivity index (χ1) is 10.3. The molecule has 1 aromatic carbocycles. The molecule has 3 nitrogen and oxygen atoms in total. The molecule has 108 valence electrons. The van der Waals surface area contributed by atoms with E-state index in [1.54, 1.807) is 17.5 Å². The Bertz CT molecular complexity index is 692. The molecular weight excluding hydrogens is 280 g/mol. The van der Waals surface area contributed by atoms with Crippen molar-refractivity contribution in [2.45, 2.75) is 13.0 Å². The lowest BCUT2D eigenvalue weighted by Gasteiger charge is -2.13. The van der Waals surface area contributed by atoms with Gasteiger partial charge in [0.1, 0.15) is 12.4 Å². The van der Waals surface area contributed by atoms with E-state index in [4.69, 9.17) is 4.74 Å². The van der Waals surface area contributed by atoms with Gasteiger partial charge in [0.05, 0.1) is 5.52 Å². The van der Waals surface area contributed by atoms with E-state index < -0.39 is 0 Å². The van der Waals surface area contributed by atoms with Gasteiger partial charge in [0.2, 0.25) is 0 Å². The van der Waals surface area contributed by atoms with Crippen molar-refractivity contribution in [3.05, 3.63) is 58.9 Å². The second-order valence-corrected chi connectivity index (χ2v) is 5.85. The van der Waals surface area contributed by atoms with Crippen LogP contribution in [0.3, 0.4) is 0 Å². The van der Waals surface area contributed by atoms with Crippen molar-refractivity contribution >= 4 is 22.2 Å². The molecule has 0 fully saturated rings. The summed E-state index contributed by atoms with van der Waals surface area (Å²) in [6.45, 7) is 3.63. The van der Waals surface area contributed by atoms with Gasteiger partial charge in [-0.15, -0.1) is 11.3 Å². The van der Waals surface area contributed by atoms with Crippen LogP contribution in [0.25, 0.3) is 10.9 Å². The Morgan fingerprint density at radius 3 is 3.00 bits per heavy atom. The van der Waals surface area contributed by atoms with E-state index in [1.165, 1.54) is 4.88 Å². The molecule has 1 N–H and O–H groups in total. The van der Waals surface area contributed by atoms with Gasteiger partial charge < -0.3 is 10.1 Å². The van der Waals surface area contributed by atoms with Crippen molar-refractivity contribution in [3.8, 4) is 5.75 Å². The summed E-state index contributed by atoms with van der Waals surface area (Å²) in [7, 11) is 0. The Kier molecular flexibility index (Phi) is 4.48. The second-order valence-electron chi connectivity index (χ2n) is 4.87. The monoisotopic (exact) mass is 298 g/mol. The quantitative estimate of drug-likeness (QED) is 0.698. The molecule has 0 aliphatic rings. The van der Waals surface area contributed by atoms with E-state index in [1.807, 2.05) is 30.3 Å². The second kappa shape index (κ2) is 6.70. The molecule has 0 saturated carbocycles. The summed E-state index contributed by atoms with van der Waals surface area (Å²) >= 11 is 1.78. The van der Waals surface area contributed by atoms with Gasteiger partial charge in [-0.25, -0.2) is 0 Å². The van der Waals surface area contributed by atoms with E-state index >= 15 is 0 Å². The van der Waals surface area contributed by atoms with Crippen LogP contribution in [-0.2, 0) is 0 Å². The predicted molar refractivity (Wildman–Crippen MR) is 88.0 cm³/mol. The minimum Gasteiger partial charge on any atom is -0.492 e. The fourth-order valence-electron chi connectivity index (χ4n) is 2.28. The molecule has 0 aliphatic carbocycles. The van der Waals surface area contributed by atoms with Crippen molar-refractivity contribution in [2.75, 3.05) is 13.2 Å². The summed E-state index contributed by atoms with van der Waals surface area (Å²) in [6, 6.07) is 14.5. The van der Waals surface area contributed by atoms with E-state index in [0.29, 0.717) is 12.6 Å². The summed E-state index contributed by atoms with van der Waals surface area (Å²) in [6.07, 6.45) is 1.80.